The SMILES string of the molecule is COc1ccc2c3c1O[C@H]1C[C@H](OC(=O)[C@H](Cc4ccccc4)NC(=O)OC(C)(C)C)C(C)[C@@]31CCN(C)C2. The molecule has 210 valence electrons. The summed E-state index contributed by atoms with van der Waals surface area (Å²) in [7, 11) is 3.81. The second-order valence-corrected chi connectivity index (χ2v) is 12.2. The third-order valence-electron chi connectivity index (χ3n) is 8.42. The molecule has 8 nitrogen and oxygen atoms in total. The summed E-state index contributed by atoms with van der Waals surface area (Å²) in [5, 5.41) is 2.76. The lowest BCUT2D eigenvalue weighted by Crippen LogP contribution is -2.47. The molecule has 0 bridgehead atoms. The Hall–Kier alpha value is -3.26. The molecule has 1 saturated carbocycles. The van der Waals surface area contributed by atoms with Crippen molar-refractivity contribution in [1.29, 1.82) is 0 Å². The average Bonchev–Trinajstić information content (AvgIpc) is 3.26. The molecule has 0 aromatic heterocycles. The Labute approximate surface area is 230 Å². The molecule has 2 aliphatic heterocycles. The number of hydrogen-bond donors (Lipinski definition) is 1. The normalized spacial score (nSPS) is 26.5. The second kappa shape index (κ2) is 10.4. The van der Waals surface area contributed by atoms with Crippen molar-refractivity contribution in [2.75, 3.05) is 20.7 Å². The fourth-order valence-corrected chi connectivity index (χ4v) is 6.59. The van der Waals surface area contributed by atoms with Gasteiger partial charge in [0.05, 0.1) is 7.11 Å². The molecule has 8 heteroatoms. The zero-order valence-electron chi connectivity index (χ0n) is 23.8. The maximum atomic E-state index is 13.6. The smallest absolute Gasteiger partial charge is 0.408 e. The highest BCUT2D eigenvalue weighted by molar-refractivity contribution is 5.82. The third kappa shape index (κ3) is 5.19. The van der Waals surface area contributed by atoms with Crippen LogP contribution in [0.4, 0.5) is 4.79 Å². The van der Waals surface area contributed by atoms with Gasteiger partial charge in [0.15, 0.2) is 11.5 Å². The monoisotopic (exact) mass is 536 g/mol. The Bertz CT molecular complexity index is 1230. The van der Waals surface area contributed by atoms with Crippen LogP contribution in [0, 0.1) is 5.92 Å². The Kier molecular flexibility index (Phi) is 7.27. The van der Waals surface area contributed by atoms with Crippen LogP contribution in [-0.2, 0) is 32.6 Å². The molecule has 39 heavy (non-hydrogen) atoms. The molecule has 2 aromatic carbocycles. The summed E-state index contributed by atoms with van der Waals surface area (Å²) in [4.78, 5) is 28.6. The van der Waals surface area contributed by atoms with E-state index in [4.69, 9.17) is 18.9 Å². The molecule has 0 radical (unpaired) electrons. The summed E-state index contributed by atoms with van der Waals surface area (Å²) in [5.41, 5.74) is 2.40. The Morgan fingerprint density at radius 2 is 1.92 bits per heavy atom. The molecule has 1 spiro atoms. The number of amides is 1. The van der Waals surface area contributed by atoms with Gasteiger partial charge in [-0.1, -0.05) is 43.3 Å². The Morgan fingerprint density at radius 1 is 1.18 bits per heavy atom. The quantitative estimate of drug-likeness (QED) is 0.540. The number of nitrogens with zero attached hydrogens (tertiary/aromatic N) is 1. The first-order valence-corrected chi connectivity index (χ1v) is 13.8. The largest absolute Gasteiger partial charge is 0.493 e. The van der Waals surface area contributed by atoms with Gasteiger partial charge in [-0.3, -0.25) is 0 Å². The van der Waals surface area contributed by atoms with Gasteiger partial charge in [-0.25, -0.2) is 9.59 Å². The molecule has 3 aliphatic rings. The average molecular weight is 537 g/mol. The second-order valence-electron chi connectivity index (χ2n) is 12.2. The molecule has 1 N–H and O–H groups in total. The lowest BCUT2D eigenvalue weighted by Gasteiger charge is -2.34. The summed E-state index contributed by atoms with van der Waals surface area (Å²) in [5.74, 6) is 1.14. The molecular formula is C31H40N2O6. The summed E-state index contributed by atoms with van der Waals surface area (Å²) < 4.78 is 23.9. The van der Waals surface area contributed by atoms with E-state index in [9.17, 15) is 9.59 Å². The van der Waals surface area contributed by atoms with Gasteiger partial charge in [0.1, 0.15) is 23.9 Å². The van der Waals surface area contributed by atoms with Crippen molar-refractivity contribution in [3.8, 4) is 11.5 Å². The van der Waals surface area contributed by atoms with Crippen LogP contribution >= 0.6 is 0 Å². The molecule has 2 heterocycles. The molecule has 1 aliphatic carbocycles. The number of alkyl carbamates (subject to hydrolysis) is 1. The van der Waals surface area contributed by atoms with Crippen molar-refractivity contribution in [2.45, 2.75) is 82.8 Å². The maximum absolute atomic E-state index is 13.6. The van der Waals surface area contributed by atoms with E-state index in [1.807, 2.05) is 36.4 Å². The van der Waals surface area contributed by atoms with Crippen LogP contribution < -0.4 is 14.8 Å². The topological polar surface area (TPSA) is 86.3 Å². The van der Waals surface area contributed by atoms with Crippen LogP contribution in [0.1, 0.15) is 57.2 Å². The van der Waals surface area contributed by atoms with Crippen molar-refractivity contribution in [1.82, 2.24) is 10.2 Å². The van der Waals surface area contributed by atoms with Crippen molar-refractivity contribution in [3.63, 3.8) is 0 Å². The van der Waals surface area contributed by atoms with Gasteiger partial charge in [-0.15, -0.1) is 0 Å². The highest BCUT2D eigenvalue weighted by atomic mass is 16.6. The van der Waals surface area contributed by atoms with Crippen LogP contribution in [0.5, 0.6) is 11.5 Å². The van der Waals surface area contributed by atoms with Crippen molar-refractivity contribution in [2.24, 2.45) is 5.92 Å². The highest BCUT2D eigenvalue weighted by Gasteiger charge is 2.62. The molecular weight excluding hydrogens is 496 g/mol. The molecule has 0 saturated heterocycles. The molecule has 1 fully saturated rings. The molecule has 1 unspecified atom stereocenters. The standard InChI is InChI=1S/C31H40N2O6/c1-19-24(37-28(34)22(16-20-10-8-7-9-11-20)32-29(35)39-30(2,3)4)17-25-31(19)14-15-33(5)18-21-12-13-23(36-6)27(38-25)26(21)31/h7-13,19,22,24-25H,14-18H2,1-6H3,(H,32,35)/t19?,22-,24-,25-,31+/m0/s1. The van der Waals surface area contributed by atoms with Crippen molar-refractivity contribution < 1.29 is 28.5 Å². The van der Waals surface area contributed by atoms with Gasteiger partial charge in [0.2, 0.25) is 0 Å². The van der Waals surface area contributed by atoms with Gasteiger partial charge in [0, 0.05) is 36.3 Å². The lowest BCUT2D eigenvalue weighted by atomic mass is 9.69. The zero-order chi connectivity index (χ0) is 27.9. The lowest BCUT2D eigenvalue weighted by molar-refractivity contribution is -0.153. The van der Waals surface area contributed by atoms with Crippen LogP contribution in [0.25, 0.3) is 0 Å². The summed E-state index contributed by atoms with van der Waals surface area (Å²) in [6.45, 7) is 9.29. The van der Waals surface area contributed by atoms with E-state index in [1.165, 1.54) is 11.1 Å². The number of hydrogen-bond acceptors (Lipinski definition) is 7. The van der Waals surface area contributed by atoms with Gasteiger partial charge >= 0.3 is 12.1 Å². The van der Waals surface area contributed by atoms with E-state index in [-0.39, 0.29) is 23.5 Å². The predicted molar refractivity (Wildman–Crippen MR) is 147 cm³/mol. The fourth-order valence-electron chi connectivity index (χ4n) is 6.59. The number of carbonyl (C=O) groups is 2. The Balaban J connectivity index is 1.40. The van der Waals surface area contributed by atoms with Crippen LogP contribution in [0.3, 0.4) is 0 Å². The number of carbonyl (C=O) groups excluding carboxylic acids is 2. The van der Waals surface area contributed by atoms with E-state index in [0.717, 1.165) is 36.6 Å². The van der Waals surface area contributed by atoms with E-state index in [1.54, 1.807) is 27.9 Å². The number of esters is 1. The van der Waals surface area contributed by atoms with Gasteiger partial charge in [-0.2, -0.15) is 0 Å². The fraction of sp³-hybridized carbons (Fsp3) is 0.548. The van der Waals surface area contributed by atoms with Crippen LogP contribution in [0.2, 0.25) is 0 Å². The van der Waals surface area contributed by atoms with Crippen LogP contribution in [-0.4, -0.2) is 61.5 Å². The van der Waals surface area contributed by atoms with Gasteiger partial charge in [-0.05, 0) is 58.0 Å². The number of benzene rings is 2. The Morgan fingerprint density at radius 3 is 2.62 bits per heavy atom. The molecule has 5 atom stereocenters. The van der Waals surface area contributed by atoms with Crippen molar-refractivity contribution in [3.05, 3.63) is 59.2 Å². The van der Waals surface area contributed by atoms with E-state index < -0.39 is 23.7 Å². The highest BCUT2D eigenvalue weighted by Crippen LogP contribution is 2.61. The third-order valence-corrected chi connectivity index (χ3v) is 8.42. The van der Waals surface area contributed by atoms with Gasteiger partial charge in [0.25, 0.3) is 0 Å². The maximum Gasteiger partial charge on any atom is 0.408 e. The summed E-state index contributed by atoms with van der Waals surface area (Å²) >= 11 is 0. The number of methoxy groups -OCH3 is 1. The van der Waals surface area contributed by atoms with E-state index in [2.05, 4.69) is 30.3 Å². The molecule has 2 aromatic rings. The predicted octanol–water partition coefficient (Wildman–Crippen LogP) is 4.62. The summed E-state index contributed by atoms with van der Waals surface area (Å²) in [6, 6.07) is 12.8. The minimum absolute atomic E-state index is 0.0176. The number of nitrogens with one attached hydrogen (secondary N) is 1. The zero-order valence-corrected chi connectivity index (χ0v) is 23.8. The number of ether oxygens (including phenoxy) is 4. The first-order valence-electron chi connectivity index (χ1n) is 13.8. The first-order chi connectivity index (χ1) is 18.5. The van der Waals surface area contributed by atoms with E-state index >= 15 is 0 Å². The number of rotatable bonds is 6. The minimum atomic E-state index is -0.878. The first kappa shape index (κ1) is 27.3. The van der Waals surface area contributed by atoms with Crippen LogP contribution in [0.15, 0.2) is 42.5 Å². The van der Waals surface area contributed by atoms with E-state index in [0.29, 0.717) is 12.8 Å². The van der Waals surface area contributed by atoms with Gasteiger partial charge < -0.3 is 29.2 Å². The molecule has 5 rings (SSSR count). The summed E-state index contributed by atoms with van der Waals surface area (Å²) in [6.07, 6.45) is 0.680. The van der Waals surface area contributed by atoms with Crippen molar-refractivity contribution >= 4 is 12.1 Å². The molecule has 1 amide bonds. The minimum Gasteiger partial charge on any atom is -0.493 e.